The quantitative estimate of drug-likeness (QED) is 0.445. The van der Waals surface area contributed by atoms with Gasteiger partial charge in [0.05, 0.1) is 0 Å². The lowest BCUT2D eigenvalue weighted by molar-refractivity contribution is -0.136. The second kappa shape index (κ2) is 7.63. The molecule has 0 atom stereocenters. The average molecular weight is 354 g/mol. The zero-order chi connectivity index (χ0) is 18.6. The molecule has 27 heavy (non-hydrogen) atoms. The van der Waals surface area contributed by atoms with Crippen molar-refractivity contribution in [1.29, 1.82) is 0 Å². The van der Waals surface area contributed by atoms with Crippen LogP contribution < -0.4 is 0 Å². The van der Waals surface area contributed by atoms with Crippen LogP contribution in [0.5, 0.6) is 0 Å². The zero-order valence-corrected chi connectivity index (χ0v) is 15.2. The first-order chi connectivity index (χ1) is 13.2. The third-order valence-corrected chi connectivity index (χ3v) is 5.25. The van der Waals surface area contributed by atoms with Crippen LogP contribution in [0.15, 0.2) is 78.9 Å². The molecule has 2 heteroatoms. The topological polar surface area (TPSA) is 37.3 Å². The minimum atomic E-state index is -0.753. The molecule has 0 amide bonds. The number of hydrogen-bond donors (Lipinski definition) is 1. The molecule has 4 rings (SSSR count). The first kappa shape index (κ1) is 17.3. The smallest absolute Gasteiger partial charge is 0.303 e. The van der Waals surface area contributed by atoms with Crippen molar-refractivity contribution in [2.24, 2.45) is 0 Å². The third-order valence-electron chi connectivity index (χ3n) is 5.25. The molecule has 0 spiro atoms. The van der Waals surface area contributed by atoms with Gasteiger partial charge < -0.3 is 5.11 Å². The maximum Gasteiger partial charge on any atom is 0.303 e. The first-order valence-corrected chi connectivity index (χ1v) is 9.41. The van der Waals surface area contributed by atoms with Gasteiger partial charge in [-0.15, -0.1) is 0 Å². The van der Waals surface area contributed by atoms with E-state index < -0.39 is 5.97 Å². The van der Waals surface area contributed by atoms with Crippen molar-refractivity contribution >= 4 is 27.5 Å². The number of benzene rings is 4. The van der Waals surface area contributed by atoms with E-state index in [4.69, 9.17) is 0 Å². The van der Waals surface area contributed by atoms with Crippen molar-refractivity contribution in [2.45, 2.75) is 25.7 Å². The van der Waals surface area contributed by atoms with Gasteiger partial charge in [0.15, 0.2) is 0 Å². The summed E-state index contributed by atoms with van der Waals surface area (Å²) in [6.07, 6.45) is 2.65. The fraction of sp³-hybridized carbons (Fsp3) is 0.160. The van der Waals surface area contributed by atoms with Crippen molar-refractivity contribution < 1.29 is 9.90 Å². The number of hydrogen-bond acceptors (Lipinski definition) is 1. The second-order valence-corrected chi connectivity index (χ2v) is 6.93. The molecule has 0 aliphatic rings. The van der Waals surface area contributed by atoms with Crippen molar-refractivity contribution in [3.8, 4) is 0 Å². The fourth-order valence-corrected chi connectivity index (χ4v) is 3.99. The highest BCUT2D eigenvalue weighted by molar-refractivity contribution is 6.06. The van der Waals surface area contributed by atoms with Gasteiger partial charge in [0, 0.05) is 6.42 Å². The second-order valence-electron chi connectivity index (χ2n) is 6.93. The Labute approximate surface area is 159 Å². The SMILES string of the molecule is O=C(O)CCc1c2ccccc2c(CCc2ccccc2)c2ccccc12. The third kappa shape index (κ3) is 3.56. The highest BCUT2D eigenvalue weighted by atomic mass is 16.4. The van der Waals surface area contributed by atoms with Gasteiger partial charge in [-0.25, -0.2) is 0 Å². The van der Waals surface area contributed by atoms with Gasteiger partial charge in [-0.1, -0.05) is 78.9 Å². The average Bonchev–Trinajstić information content (AvgIpc) is 2.71. The van der Waals surface area contributed by atoms with Gasteiger partial charge in [-0.3, -0.25) is 4.79 Å². The molecular formula is C25H22O2. The number of aryl methyl sites for hydroxylation is 3. The summed E-state index contributed by atoms with van der Waals surface area (Å²) in [5.41, 5.74) is 3.83. The van der Waals surface area contributed by atoms with Crippen LogP contribution in [0.2, 0.25) is 0 Å². The highest BCUT2D eigenvalue weighted by Gasteiger charge is 2.14. The van der Waals surface area contributed by atoms with E-state index in [1.807, 2.05) is 18.2 Å². The molecule has 0 aliphatic heterocycles. The number of carbonyl (C=O) groups is 1. The lowest BCUT2D eigenvalue weighted by atomic mass is 9.87. The van der Waals surface area contributed by atoms with Crippen molar-refractivity contribution in [3.05, 3.63) is 95.6 Å². The predicted octanol–water partition coefficient (Wildman–Crippen LogP) is 5.80. The highest BCUT2D eigenvalue weighted by Crippen LogP contribution is 2.34. The van der Waals surface area contributed by atoms with Crippen LogP contribution >= 0.6 is 0 Å². The number of aliphatic carboxylic acids is 1. The van der Waals surface area contributed by atoms with Gasteiger partial charge in [0.1, 0.15) is 0 Å². The van der Waals surface area contributed by atoms with E-state index >= 15 is 0 Å². The molecule has 0 aliphatic carbocycles. The fourth-order valence-electron chi connectivity index (χ4n) is 3.99. The molecule has 4 aromatic carbocycles. The number of fused-ring (bicyclic) bond motifs is 2. The van der Waals surface area contributed by atoms with E-state index in [2.05, 4.69) is 60.7 Å². The summed E-state index contributed by atoms with van der Waals surface area (Å²) in [5, 5.41) is 14.0. The van der Waals surface area contributed by atoms with E-state index in [0.717, 1.165) is 18.4 Å². The molecule has 134 valence electrons. The molecule has 0 fully saturated rings. The minimum absolute atomic E-state index is 0.150. The van der Waals surface area contributed by atoms with E-state index in [1.165, 1.54) is 32.7 Å². The molecular weight excluding hydrogens is 332 g/mol. The summed E-state index contributed by atoms with van der Waals surface area (Å²) in [6, 6.07) is 27.4. The molecule has 1 N–H and O–H groups in total. The molecule has 0 unspecified atom stereocenters. The Hall–Kier alpha value is -3.13. The van der Waals surface area contributed by atoms with Gasteiger partial charge in [0.25, 0.3) is 0 Å². The van der Waals surface area contributed by atoms with E-state index in [1.54, 1.807) is 0 Å². The zero-order valence-electron chi connectivity index (χ0n) is 15.2. The van der Waals surface area contributed by atoms with E-state index in [-0.39, 0.29) is 6.42 Å². The summed E-state index contributed by atoms with van der Waals surface area (Å²) in [6.45, 7) is 0. The molecule has 0 saturated heterocycles. The Kier molecular flexibility index (Phi) is 4.88. The van der Waals surface area contributed by atoms with E-state index in [9.17, 15) is 9.90 Å². The van der Waals surface area contributed by atoms with Crippen molar-refractivity contribution in [1.82, 2.24) is 0 Å². The minimum Gasteiger partial charge on any atom is -0.481 e. The lowest BCUT2D eigenvalue weighted by Gasteiger charge is -2.16. The van der Waals surface area contributed by atoms with Crippen LogP contribution in [0.1, 0.15) is 23.1 Å². The Morgan fingerprint density at radius 1 is 0.593 bits per heavy atom. The summed E-state index contributed by atoms with van der Waals surface area (Å²) >= 11 is 0. The maximum absolute atomic E-state index is 11.2. The van der Waals surface area contributed by atoms with Crippen LogP contribution in [-0.2, 0) is 24.1 Å². The Balaban J connectivity index is 1.87. The summed E-state index contributed by atoms with van der Waals surface area (Å²) in [7, 11) is 0. The number of carboxylic acid groups (broad SMARTS) is 1. The summed E-state index contributed by atoms with van der Waals surface area (Å²) < 4.78 is 0. The van der Waals surface area contributed by atoms with Crippen LogP contribution in [0.4, 0.5) is 0 Å². The maximum atomic E-state index is 11.2. The molecule has 0 radical (unpaired) electrons. The van der Waals surface area contributed by atoms with Crippen LogP contribution in [0.25, 0.3) is 21.5 Å². The van der Waals surface area contributed by atoms with Crippen molar-refractivity contribution in [2.75, 3.05) is 0 Å². The Morgan fingerprint density at radius 2 is 1.04 bits per heavy atom. The van der Waals surface area contributed by atoms with Gasteiger partial charge in [-0.05, 0) is 57.5 Å². The molecule has 4 aromatic rings. The van der Waals surface area contributed by atoms with Crippen LogP contribution in [0.3, 0.4) is 0 Å². The molecule has 0 saturated carbocycles. The normalized spacial score (nSPS) is 11.1. The molecule has 2 nitrogen and oxygen atoms in total. The van der Waals surface area contributed by atoms with Gasteiger partial charge >= 0.3 is 5.97 Å². The summed E-state index contributed by atoms with van der Waals surface area (Å²) in [4.78, 5) is 11.2. The number of carboxylic acids is 1. The van der Waals surface area contributed by atoms with Gasteiger partial charge in [-0.2, -0.15) is 0 Å². The first-order valence-electron chi connectivity index (χ1n) is 9.41. The predicted molar refractivity (Wildman–Crippen MR) is 111 cm³/mol. The van der Waals surface area contributed by atoms with Crippen LogP contribution in [-0.4, -0.2) is 11.1 Å². The number of rotatable bonds is 6. The van der Waals surface area contributed by atoms with Crippen LogP contribution in [0, 0.1) is 0 Å². The molecule has 0 bridgehead atoms. The largest absolute Gasteiger partial charge is 0.481 e. The molecule has 0 aromatic heterocycles. The Morgan fingerprint density at radius 3 is 1.52 bits per heavy atom. The lowest BCUT2D eigenvalue weighted by Crippen LogP contribution is -2.01. The van der Waals surface area contributed by atoms with Gasteiger partial charge in [0.2, 0.25) is 0 Å². The molecule has 0 heterocycles. The monoisotopic (exact) mass is 354 g/mol. The standard InChI is InChI=1S/C25H22O2/c26-25(27)17-16-24-21-12-6-4-10-19(21)23(20-11-5-7-13-22(20)24)15-14-18-8-2-1-3-9-18/h1-13H,14-17H2,(H,26,27). The van der Waals surface area contributed by atoms with Crippen molar-refractivity contribution in [3.63, 3.8) is 0 Å². The van der Waals surface area contributed by atoms with E-state index in [0.29, 0.717) is 6.42 Å². The Bertz CT molecular complexity index is 1040. The summed E-state index contributed by atoms with van der Waals surface area (Å²) in [5.74, 6) is -0.753.